The third-order valence-electron chi connectivity index (χ3n) is 6.93. The lowest BCUT2D eigenvalue weighted by molar-refractivity contribution is -0.117. The number of carbonyl (C=O) groups excluding carboxylic acids is 1. The van der Waals surface area contributed by atoms with Gasteiger partial charge in [0.15, 0.2) is 9.84 Å². The minimum atomic E-state index is -3.56. The molecule has 3 aliphatic heterocycles. The lowest BCUT2D eigenvalue weighted by Gasteiger charge is -2.37. The summed E-state index contributed by atoms with van der Waals surface area (Å²) in [5, 5.41) is 2.89. The van der Waals surface area contributed by atoms with Gasteiger partial charge in [0.1, 0.15) is 0 Å². The molecule has 11 heteroatoms. The monoisotopic (exact) mass is 498 g/mol. The van der Waals surface area contributed by atoms with Crippen molar-refractivity contribution >= 4 is 31.5 Å². The molecule has 1 aromatic carbocycles. The molecule has 3 aliphatic rings. The third kappa shape index (κ3) is 5.94. The molecule has 184 valence electrons. The van der Waals surface area contributed by atoms with Crippen LogP contribution in [0.3, 0.4) is 0 Å². The molecule has 3 heterocycles. The van der Waals surface area contributed by atoms with Crippen LogP contribution in [0.5, 0.6) is 0 Å². The van der Waals surface area contributed by atoms with Crippen LogP contribution in [0.4, 0.5) is 5.69 Å². The summed E-state index contributed by atoms with van der Waals surface area (Å²) in [5.74, 6) is 0.331. The Hall–Kier alpha value is -1.53. The summed E-state index contributed by atoms with van der Waals surface area (Å²) >= 11 is 0. The molecule has 0 radical (unpaired) electrons. The van der Waals surface area contributed by atoms with Crippen molar-refractivity contribution in [3.8, 4) is 0 Å². The van der Waals surface area contributed by atoms with E-state index in [1.165, 1.54) is 4.31 Å². The van der Waals surface area contributed by atoms with Crippen LogP contribution in [0.25, 0.3) is 0 Å². The summed E-state index contributed by atoms with van der Waals surface area (Å²) in [6.07, 6.45) is 3.49. The molecule has 0 saturated carbocycles. The first-order valence-electron chi connectivity index (χ1n) is 11.7. The van der Waals surface area contributed by atoms with Gasteiger partial charge in [0.25, 0.3) is 0 Å². The van der Waals surface area contributed by atoms with E-state index in [0.717, 1.165) is 37.9 Å². The second-order valence-electron chi connectivity index (χ2n) is 9.36. The number of piperazine rings is 1. The van der Waals surface area contributed by atoms with Crippen LogP contribution in [0, 0.1) is 6.92 Å². The molecule has 1 aromatic rings. The summed E-state index contributed by atoms with van der Waals surface area (Å²) in [5.41, 5.74) is 1.33. The summed E-state index contributed by atoms with van der Waals surface area (Å²) < 4.78 is 51.0. The number of hydrogen-bond acceptors (Lipinski definition) is 7. The van der Waals surface area contributed by atoms with Crippen LogP contribution in [0.2, 0.25) is 0 Å². The van der Waals surface area contributed by atoms with Crippen LogP contribution in [-0.4, -0.2) is 100 Å². The number of aryl methyl sites for hydroxylation is 1. The number of rotatable bonds is 6. The number of nitrogens with one attached hydrogen (secondary N) is 1. The van der Waals surface area contributed by atoms with E-state index < -0.39 is 19.9 Å². The smallest absolute Gasteiger partial charge is 0.243 e. The number of sulfone groups is 1. The standard InChI is InChI=1S/C22H34N4O5S2/c1-18-5-6-20(33(30,31)26-8-3-2-4-9-26)15-21(18)23-22(27)16-24-10-12-25(13-11-24)19-7-14-32(28,29)17-19/h5-6,15,19H,2-4,7-14,16-17H2,1H3,(H,23,27). The molecule has 0 bridgehead atoms. The largest absolute Gasteiger partial charge is 0.325 e. The topological polar surface area (TPSA) is 107 Å². The van der Waals surface area contributed by atoms with E-state index in [4.69, 9.17) is 0 Å². The molecule has 1 N–H and O–H groups in total. The van der Waals surface area contributed by atoms with E-state index >= 15 is 0 Å². The Balaban J connectivity index is 1.33. The Kier molecular flexibility index (Phi) is 7.44. The van der Waals surface area contributed by atoms with Gasteiger partial charge < -0.3 is 5.32 Å². The van der Waals surface area contributed by atoms with E-state index in [2.05, 4.69) is 15.1 Å². The van der Waals surface area contributed by atoms with Gasteiger partial charge in [-0.3, -0.25) is 14.6 Å². The Morgan fingerprint density at radius 2 is 1.76 bits per heavy atom. The summed E-state index contributed by atoms with van der Waals surface area (Å²) in [6, 6.07) is 5.01. The normalized spacial score (nSPS) is 25.2. The fourth-order valence-electron chi connectivity index (χ4n) is 4.89. The molecule has 4 rings (SSSR count). The molecule has 0 spiro atoms. The highest BCUT2D eigenvalue weighted by molar-refractivity contribution is 7.91. The highest BCUT2D eigenvalue weighted by atomic mass is 32.2. The van der Waals surface area contributed by atoms with E-state index in [1.807, 2.05) is 6.92 Å². The first-order chi connectivity index (χ1) is 15.6. The van der Waals surface area contributed by atoms with Crippen molar-refractivity contribution in [1.82, 2.24) is 14.1 Å². The number of benzene rings is 1. The number of anilines is 1. The van der Waals surface area contributed by atoms with Crippen molar-refractivity contribution in [2.24, 2.45) is 0 Å². The quantitative estimate of drug-likeness (QED) is 0.621. The van der Waals surface area contributed by atoms with Gasteiger partial charge in [0.05, 0.1) is 22.9 Å². The van der Waals surface area contributed by atoms with Crippen LogP contribution in [-0.2, 0) is 24.7 Å². The third-order valence-corrected chi connectivity index (χ3v) is 10.6. The number of hydrogen-bond donors (Lipinski definition) is 1. The number of nitrogens with zero attached hydrogens (tertiary/aromatic N) is 3. The Morgan fingerprint density at radius 3 is 2.39 bits per heavy atom. The summed E-state index contributed by atoms with van der Waals surface area (Å²) in [6.45, 7) is 6.04. The number of piperidine rings is 1. The van der Waals surface area contributed by atoms with E-state index in [9.17, 15) is 21.6 Å². The lowest BCUT2D eigenvalue weighted by Crippen LogP contribution is -2.52. The fraction of sp³-hybridized carbons (Fsp3) is 0.682. The van der Waals surface area contributed by atoms with Gasteiger partial charge in [-0.05, 0) is 43.9 Å². The summed E-state index contributed by atoms with van der Waals surface area (Å²) in [7, 11) is -6.47. The number of sulfonamides is 1. The molecule has 3 saturated heterocycles. The van der Waals surface area contributed by atoms with Crippen molar-refractivity contribution in [1.29, 1.82) is 0 Å². The Bertz CT molecular complexity index is 1080. The second-order valence-corrected chi connectivity index (χ2v) is 13.5. The minimum Gasteiger partial charge on any atom is -0.325 e. The maximum Gasteiger partial charge on any atom is 0.243 e. The molecule has 3 fully saturated rings. The average Bonchev–Trinajstić information content (AvgIpc) is 3.16. The van der Waals surface area contributed by atoms with Gasteiger partial charge >= 0.3 is 0 Å². The predicted molar refractivity (Wildman–Crippen MR) is 127 cm³/mol. The van der Waals surface area contributed by atoms with Crippen molar-refractivity contribution < 1.29 is 21.6 Å². The predicted octanol–water partition coefficient (Wildman–Crippen LogP) is 0.913. The number of amides is 1. The molecule has 1 unspecified atom stereocenters. The maximum absolute atomic E-state index is 13.0. The van der Waals surface area contributed by atoms with Crippen LogP contribution in [0.15, 0.2) is 23.1 Å². The molecule has 0 aromatic heterocycles. The molecule has 1 atom stereocenters. The highest BCUT2D eigenvalue weighted by Crippen LogP contribution is 2.25. The zero-order valence-electron chi connectivity index (χ0n) is 19.2. The minimum absolute atomic E-state index is 0.0956. The second kappa shape index (κ2) is 9.99. The van der Waals surface area contributed by atoms with Crippen LogP contribution < -0.4 is 5.32 Å². The number of carbonyl (C=O) groups is 1. The van der Waals surface area contributed by atoms with Gasteiger partial charge in [-0.15, -0.1) is 0 Å². The Labute approximate surface area is 197 Å². The van der Waals surface area contributed by atoms with Crippen molar-refractivity contribution in [3.05, 3.63) is 23.8 Å². The molecule has 1 amide bonds. The molecular weight excluding hydrogens is 464 g/mol. The van der Waals surface area contributed by atoms with Gasteiger partial charge in [-0.1, -0.05) is 12.5 Å². The maximum atomic E-state index is 13.0. The zero-order chi connectivity index (χ0) is 23.6. The van der Waals surface area contributed by atoms with Gasteiger partial charge in [0.2, 0.25) is 15.9 Å². The van der Waals surface area contributed by atoms with Crippen LogP contribution in [0.1, 0.15) is 31.2 Å². The van der Waals surface area contributed by atoms with E-state index in [0.29, 0.717) is 38.3 Å². The van der Waals surface area contributed by atoms with Crippen molar-refractivity contribution in [3.63, 3.8) is 0 Å². The van der Waals surface area contributed by atoms with E-state index in [1.54, 1.807) is 18.2 Å². The van der Waals surface area contributed by atoms with Crippen molar-refractivity contribution in [2.45, 2.75) is 43.5 Å². The van der Waals surface area contributed by atoms with E-state index in [-0.39, 0.29) is 34.9 Å². The first-order valence-corrected chi connectivity index (χ1v) is 15.0. The zero-order valence-corrected chi connectivity index (χ0v) is 20.8. The molecule has 0 aliphatic carbocycles. The molecule has 9 nitrogen and oxygen atoms in total. The highest BCUT2D eigenvalue weighted by Gasteiger charge is 2.34. The van der Waals surface area contributed by atoms with Gasteiger partial charge in [-0.25, -0.2) is 16.8 Å². The van der Waals surface area contributed by atoms with Crippen molar-refractivity contribution in [2.75, 3.05) is 62.6 Å². The van der Waals surface area contributed by atoms with Crippen LogP contribution >= 0.6 is 0 Å². The van der Waals surface area contributed by atoms with Gasteiger partial charge in [-0.2, -0.15) is 4.31 Å². The Morgan fingerprint density at radius 1 is 1.06 bits per heavy atom. The van der Waals surface area contributed by atoms with Gasteiger partial charge in [0, 0.05) is 51.0 Å². The first kappa shape index (κ1) is 24.6. The SMILES string of the molecule is Cc1ccc(S(=O)(=O)N2CCCCC2)cc1NC(=O)CN1CCN(C2CCS(=O)(=O)C2)CC1. The lowest BCUT2D eigenvalue weighted by atomic mass is 10.2. The average molecular weight is 499 g/mol. The fourth-order valence-corrected chi connectivity index (χ4v) is 8.20. The molecular formula is C22H34N4O5S2. The summed E-state index contributed by atoms with van der Waals surface area (Å²) in [4.78, 5) is 17.2. The molecule has 33 heavy (non-hydrogen) atoms.